The Bertz CT molecular complexity index is 885. The molecule has 0 saturated heterocycles. The zero-order valence-corrected chi connectivity index (χ0v) is 17.0. The van der Waals surface area contributed by atoms with Crippen LogP contribution in [0.2, 0.25) is 0 Å². The molecule has 0 atom stereocenters. The topological polar surface area (TPSA) is 104 Å². The van der Waals surface area contributed by atoms with Gasteiger partial charge in [0, 0.05) is 11.3 Å². The number of Topliss-reactive ketones (excluding diaryl/α,β-unsaturated/α-hetero) is 1. The highest BCUT2D eigenvalue weighted by Crippen LogP contribution is 2.25. The highest BCUT2D eigenvalue weighted by Gasteiger charge is 2.23. The summed E-state index contributed by atoms with van der Waals surface area (Å²) in [5, 5.41) is 0. The van der Waals surface area contributed by atoms with Gasteiger partial charge in [0.2, 0.25) is 5.78 Å². The van der Waals surface area contributed by atoms with Crippen molar-refractivity contribution >= 4 is 17.7 Å². The Morgan fingerprint density at radius 1 is 1.03 bits per heavy atom. The molecule has 2 rings (SSSR count). The van der Waals surface area contributed by atoms with E-state index in [0.717, 1.165) is 0 Å². The van der Waals surface area contributed by atoms with Crippen LogP contribution < -0.4 is 9.47 Å². The van der Waals surface area contributed by atoms with E-state index in [1.54, 1.807) is 39.0 Å². The number of hydrogen-bond acceptors (Lipinski definition) is 7. The van der Waals surface area contributed by atoms with Crippen molar-refractivity contribution in [3.63, 3.8) is 0 Å². The van der Waals surface area contributed by atoms with Crippen molar-refractivity contribution in [1.29, 1.82) is 0 Å². The molecule has 0 aliphatic carbocycles. The van der Waals surface area contributed by atoms with E-state index in [0.29, 0.717) is 28.3 Å². The average molecular weight is 403 g/mol. The maximum atomic E-state index is 12.5. The van der Waals surface area contributed by atoms with Gasteiger partial charge in [-0.25, -0.2) is 4.79 Å². The van der Waals surface area contributed by atoms with Crippen LogP contribution in [-0.4, -0.2) is 49.6 Å². The number of hydrogen-bond donors (Lipinski definition) is 1. The van der Waals surface area contributed by atoms with Crippen LogP contribution in [0.3, 0.4) is 0 Å². The van der Waals surface area contributed by atoms with Gasteiger partial charge in [0.1, 0.15) is 5.69 Å². The Labute approximate surface area is 169 Å². The van der Waals surface area contributed by atoms with Crippen molar-refractivity contribution in [3.8, 4) is 11.5 Å². The second kappa shape index (κ2) is 10.3. The first-order valence-electron chi connectivity index (χ1n) is 9.19. The normalized spacial score (nSPS) is 10.3. The zero-order valence-electron chi connectivity index (χ0n) is 17.0. The van der Waals surface area contributed by atoms with Gasteiger partial charge in [-0.1, -0.05) is 12.1 Å². The number of methoxy groups -OCH3 is 1. The SMILES string of the molecule is CCOC(=O)c1[nH]c(C)c(C(=O)COC(=O)CCOc2ccccc2OC)c1C. The van der Waals surface area contributed by atoms with Crippen LogP contribution in [0.5, 0.6) is 11.5 Å². The molecule has 0 saturated carbocycles. The number of aromatic nitrogens is 1. The summed E-state index contributed by atoms with van der Waals surface area (Å²) in [4.78, 5) is 39.2. The van der Waals surface area contributed by atoms with E-state index in [1.807, 2.05) is 6.07 Å². The fraction of sp³-hybridized carbons (Fsp3) is 0.381. The molecular formula is C21H25NO7. The van der Waals surface area contributed by atoms with Gasteiger partial charge in [0.25, 0.3) is 0 Å². The predicted molar refractivity (Wildman–Crippen MR) is 105 cm³/mol. The average Bonchev–Trinajstić information content (AvgIpc) is 3.01. The van der Waals surface area contributed by atoms with E-state index >= 15 is 0 Å². The number of nitrogens with one attached hydrogen (secondary N) is 1. The molecule has 1 aromatic heterocycles. The van der Waals surface area contributed by atoms with E-state index < -0.39 is 24.3 Å². The minimum Gasteiger partial charge on any atom is -0.493 e. The number of aryl methyl sites for hydroxylation is 1. The van der Waals surface area contributed by atoms with Crippen molar-refractivity contribution in [3.05, 3.63) is 46.8 Å². The fourth-order valence-electron chi connectivity index (χ4n) is 2.85. The summed E-state index contributed by atoms with van der Waals surface area (Å²) in [6.45, 7) is 4.91. The third-order valence-corrected chi connectivity index (χ3v) is 4.19. The van der Waals surface area contributed by atoms with Gasteiger partial charge >= 0.3 is 11.9 Å². The maximum absolute atomic E-state index is 12.5. The molecule has 1 N–H and O–H groups in total. The van der Waals surface area contributed by atoms with E-state index in [-0.39, 0.29) is 25.3 Å². The lowest BCUT2D eigenvalue weighted by Crippen LogP contribution is -2.17. The van der Waals surface area contributed by atoms with Gasteiger partial charge in [-0.2, -0.15) is 0 Å². The minimum absolute atomic E-state index is 0.0233. The van der Waals surface area contributed by atoms with Crippen LogP contribution in [0, 0.1) is 13.8 Å². The molecule has 0 aliphatic rings. The van der Waals surface area contributed by atoms with Gasteiger partial charge in [0.15, 0.2) is 18.1 Å². The predicted octanol–water partition coefficient (Wildman–Crippen LogP) is 3.01. The minimum atomic E-state index is -0.565. The molecule has 29 heavy (non-hydrogen) atoms. The number of H-pyrrole nitrogens is 1. The van der Waals surface area contributed by atoms with Crippen LogP contribution in [0.4, 0.5) is 0 Å². The summed E-state index contributed by atoms with van der Waals surface area (Å²) in [7, 11) is 1.53. The van der Waals surface area contributed by atoms with E-state index in [9.17, 15) is 14.4 Å². The number of para-hydroxylation sites is 2. The lowest BCUT2D eigenvalue weighted by atomic mass is 10.1. The molecule has 1 aromatic carbocycles. The number of rotatable bonds is 10. The first-order valence-corrected chi connectivity index (χ1v) is 9.19. The number of carbonyl (C=O) groups excluding carboxylic acids is 3. The molecule has 0 bridgehead atoms. The zero-order chi connectivity index (χ0) is 21.4. The van der Waals surface area contributed by atoms with Crippen LogP contribution in [0.1, 0.15) is 45.4 Å². The second-order valence-electron chi connectivity index (χ2n) is 6.18. The quantitative estimate of drug-likeness (QED) is 0.480. The number of ketones is 1. The maximum Gasteiger partial charge on any atom is 0.355 e. The van der Waals surface area contributed by atoms with Gasteiger partial charge in [0.05, 0.1) is 26.7 Å². The summed E-state index contributed by atoms with van der Waals surface area (Å²) in [5.74, 6) is -0.413. The monoisotopic (exact) mass is 403 g/mol. The molecule has 0 fully saturated rings. The Morgan fingerprint density at radius 2 is 1.72 bits per heavy atom. The molecular weight excluding hydrogens is 378 g/mol. The van der Waals surface area contributed by atoms with Crippen molar-refractivity contribution in [2.24, 2.45) is 0 Å². The lowest BCUT2D eigenvalue weighted by Gasteiger charge is -2.10. The second-order valence-corrected chi connectivity index (χ2v) is 6.18. The highest BCUT2D eigenvalue weighted by molar-refractivity contribution is 6.03. The smallest absolute Gasteiger partial charge is 0.355 e. The molecule has 0 aliphatic heterocycles. The first kappa shape index (κ1) is 22.0. The molecule has 2 aromatic rings. The van der Waals surface area contributed by atoms with E-state index in [2.05, 4.69) is 4.98 Å². The Morgan fingerprint density at radius 3 is 2.38 bits per heavy atom. The van der Waals surface area contributed by atoms with Gasteiger partial charge in [-0.3, -0.25) is 9.59 Å². The Hall–Kier alpha value is -3.29. The summed E-state index contributed by atoms with van der Waals surface area (Å²) < 4.78 is 20.7. The third kappa shape index (κ3) is 5.60. The number of ether oxygens (including phenoxy) is 4. The molecule has 1 heterocycles. The van der Waals surface area contributed by atoms with Crippen molar-refractivity contribution in [2.45, 2.75) is 27.2 Å². The van der Waals surface area contributed by atoms with Crippen LogP contribution >= 0.6 is 0 Å². The standard InChI is InChI=1S/C21H25NO7/c1-5-27-21(25)20-13(2)19(14(3)22-20)15(23)12-29-18(24)10-11-28-17-9-7-6-8-16(17)26-4/h6-9,22H,5,10-12H2,1-4H3. The number of benzene rings is 1. The van der Waals surface area contributed by atoms with Crippen molar-refractivity contribution < 1.29 is 33.3 Å². The Kier molecular flexibility index (Phi) is 7.82. The number of aromatic amines is 1. The Balaban J connectivity index is 1.87. The van der Waals surface area contributed by atoms with E-state index in [4.69, 9.17) is 18.9 Å². The fourth-order valence-corrected chi connectivity index (χ4v) is 2.85. The van der Waals surface area contributed by atoms with Gasteiger partial charge in [-0.05, 0) is 38.5 Å². The summed E-state index contributed by atoms with van der Waals surface area (Å²) in [6, 6.07) is 7.08. The lowest BCUT2D eigenvalue weighted by molar-refractivity contribution is -0.143. The van der Waals surface area contributed by atoms with Crippen molar-refractivity contribution in [2.75, 3.05) is 26.9 Å². The largest absolute Gasteiger partial charge is 0.493 e. The summed E-state index contributed by atoms with van der Waals surface area (Å²) >= 11 is 0. The van der Waals surface area contributed by atoms with Gasteiger partial charge < -0.3 is 23.9 Å². The molecule has 0 radical (unpaired) electrons. The number of carbonyl (C=O) groups is 3. The molecule has 156 valence electrons. The third-order valence-electron chi connectivity index (χ3n) is 4.19. The van der Waals surface area contributed by atoms with Crippen molar-refractivity contribution in [1.82, 2.24) is 4.98 Å². The van der Waals surface area contributed by atoms with Crippen LogP contribution in [0.25, 0.3) is 0 Å². The first-order chi connectivity index (χ1) is 13.9. The van der Waals surface area contributed by atoms with E-state index in [1.165, 1.54) is 7.11 Å². The van der Waals surface area contributed by atoms with Gasteiger partial charge in [-0.15, -0.1) is 0 Å². The number of esters is 2. The molecule has 8 heteroatoms. The molecule has 8 nitrogen and oxygen atoms in total. The summed E-state index contributed by atoms with van der Waals surface area (Å²) in [5.41, 5.74) is 1.54. The van der Waals surface area contributed by atoms with Crippen LogP contribution in [-0.2, 0) is 14.3 Å². The molecule has 0 unspecified atom stereocenters. The highest BCUT2D eigenvalue weighted by atomic mass is 16.5. The van der Waals surface area contributed by atoms with Crippen LogP contribution in [0.15, 0.2) is 24.3 Å². The molecule has 0 spiro atoms. The molecule has 0 amide bonds. The summed E-state index contributed by atoms with van der Waals surface area (Å²) in [6.07, 6.45) is -0.0233.